The second-order valence-electron chi connectivity index (χ2n) is 7.75. The SMILES string of the molecule is Cc1cccc([C@H](NC(=O)COc2ccc3c(c2)CCCC3)c2ccccc2)c1. The third-order valence-corrected chi connectivity index (χ3v) is 5.50. The smallest absolute Gasteiger partial charge is 0.258 e. The first-order chi connectivity index (χ1) is 14.2. The largest absolute Gasteiger partial charge is 0.484 e. The van der Waals surface area contributed by atoms with Crippen molar-refractivity contribution in [3.8, 4) is 5.75 Å². The van der Waals surface area contributed by atoms with E-state index in [2.05, 4.69) is 42.6 Å². The van der Waals surface area contributed by atoms with Crippen LogP contribution in [0.1, 0.15) is 46.7 Å². The first-order valence-electron chi connectivity index (χ1n) is 10.3. The van der Waals surface area contributed by atoms with Crippen molar-refractivity contribution < 1.29 is 9.53 Å². The van der Waals surface area contributed by atoms with Crippen molar-refractivity contribution in [2.45, 2.75) is 38.6 Å². The highest BCUT2D eigenvalue weighted by molar-refractivity contribution is 5.78. The van der Waals surface area contributed by atoms with Gasteiger partial charge in [-0.2, -0.15) is 0 Å². The number of hydrogen-bond acceptors (Lipinski definition) is 2. The van der Waals surface area contributed by atoms with E-state index in [1.807, 2.05) is 42.5 Å². The highest BCUT2D eigenvalue weighted by Crippen LogP contribution is 2.26. The fourth-order valence-corrected chi connectivity index (χ4v) is 4.01. The monoisotopic (exact) mass is 385 g/mol. The molecular weight excluding hydrogens is 358 g/mol. The predicted molar refractivity (Wildman–Crippen MR) is 116 cm³/mol. The molecule has 0 aromatic heterocycles. The highest BCUT2D eigenvalue weighted by Gasteiger charge is 2.17. The lowest BCUT2D eigenvalue weighted by atomic mass is 9.92. The predicted octanol–water partition coefficient (Wildman–Crippen LogP) is 5.16. The van der Waals surface area contributed by atoms with E-state index in [-0.39, 0.29) is 18.6 Å². The molecular formula is C26H27NO2. The van der Waals surface area contributed by atoms with Gasteiger partial charge in [-0.15, -0.1) is 0 Å². The Hall–Kier alpha value is -3.07. The summed E-state index contributed by atoms with van der Waals surface area (Å²) in [5.74, 6) is 0.644. The Morgan fingerprint density at radius 2 is 1.66 bits per heavy atom. The van der Waals surface area contributed by atoms with Crippen LogP contribution >= 0.6 is 0 Å². The third-order valence-electron chi connectivity index (χ3n) is 5.50. The summed E-state index contributed by atoms with van der Waals surface area (Å²) in [4.78, 5) is 12.7. The molecule has 1 N–H and O–H groups in total. The molecule has 0 spiro atoms. The van der Waals surface area contributed by atoms with Gasteiger partial charge in [-0.05, 0) is 67.0 Å². The molecule has 0 radical (unpaired) electrons. The maximum atomic E-state index is 12.7. The minimum Gasteiger partial charge on any atom is -0.484 e. The van der Waals surface area contributed by atoms with E-state index in [0.717, 1.165) is 29.7 Å². The highest BCUT2D eigenvalue weighted by atomic mass is 16.5. The van der Waals surface area contributed by atoms with Gasteiger partial charge in [0.25, 0.3) is 5.91 Å². The number of amides is 1. The minimum absolute atomic E-state index is 0.00787. The first-order valence-corrected chi connectivity index (χ1v) is 10.3. The Morgan fingerprint density at radius 3 is 2.45 bits per heavy atom. The quantitative estimate of drug-likeness (QED) is 0.637. The van der Waals surface area contributed by atoms with Crippen LogP contribution in [0, 0.1) is 6.92 Å². The van der Waals surface area contributed by atoms with Crippen molar-refractivity contribution in [3.05, 3.63) is 101 Å². The topological polar surface area (TPSA) is 38.3 Å². The maximum Gasteiger partial charge on any atom is 0.258 e. The zero-order valence-electron chi connectivity index (χ0n) is 16.9. The molecule has 0 fully saturated rings. The molecule has 4 rings (SSSR count). The number of ether oxygens (including phenoxy) is 1. The number of nitrogens with one attached hydrogen (secondary N) is 1. The van der Waals surface area contributed by atoms with Gasteiger partial charge in [0, 0.05) is 0 Å². The maximum absolute atomic E-state index is 12.7. The average Bonchev–Trinajstić information content (AvgIpc) is 2.76. The van der Waals surface area contributed by atoms with E-state index in [1.54, 1.807) is 0 Å². The van der Waals surface area contributed by atoms with Crippen molar-refractivity contribution in [2.75, 3.05) is 6.61 Å². The Balaban J connectivity index is 1.45. The number of fused-ring (bicyclic) bond motifs is 1. The average molecular weight is 386 g/mol. The van der Waals surface area contributed by atoms with Crippen LogP contribution < -0.4 is 10.1 Å². The molecule has 0 bridgehead atoms. The van der Waals surface area contributed by atoms with Crippen molar-refractivity contribution in [2.24, 2.45) is 0 Å². The van der Waals surface area contributed by atoms with Crippen LogP contribution in [0.15, 0.2) is 72.8 Å². The summed E-state index contributed by atoms with van der Waals surface area (Å²) in [7, 11) is 0. The van der Waals surface area contributed by atoms with Crippen LogP contribution in [0.4, 0.5) is 0 Å². The molecule has 0 saturated heterocycles. The number of rotatable bonds is 6. The van der Waals surface area contributed by atoms with Gasteiger partial charge in [-0.3, -0.25) is 4.79 Å². The van der Waals surface area contributed by atoms with Crippen LogP contribution in [0.3, 0.4) is 0 Å². The van der Waals surface area contributed by atoms with E-state index in [4.69, 9.17) is 4.74 Å². The molecule has 1 aliphatic rings. The Labute approximate surface area is 172 Å². The van der Waals surface area contributed by atoms with Gasteiger partial charge in [0.15, 0.2) is 6.61 Å². The first kappa shape index (κ1) is 19.3. The molecule has 1 atom stereocenters. The van der Waals surface area contributed by atoms with Crippen LogP contribution in [0.2, 0.25) is 0 Å². The number of carbonyl (C=O) groups excluding carboxylic acids is 1. The molecule has 148 valence electrons. The second kappa shape index (κ2) is 8.95. The van der Waals surface area contributed by atoms with Crippen molar-refractivity contribution in [1.29, 1.82) is 0 Å². The number of carbonyl (C=O) groups is 1. The lowest BCUT2D eigenvalue weighted by Crippen LogP contribution is -2.33. The van der Waals surface area contributed by atoms with E-state index < -0.39 is 0 Å². The Bertz CT molecular complexity index is 981. The molecule has 3 aromatic carbocycles. The molecule has 0 aliphatic heterocycles. The molecule has 3 aromatic rings. The van der Waals surface area contributed by atoms with Gasteiger partial charge in [0.1, 0.15) is 5.75 Å². The van der Waals surface area contributed by atoms with Gasteiger partial charge >= 0.3 is 0 Å². The Morgan fingerprint density at radius 1 is 0.897 bits per heavy atom. The minimum atomic E-state index is -0.198. The number of benzene rings is 3. The van der Waals surface area contributed by atoms with E-state index in [1.165, 1.54) is 29.5 Å². The van der Waals surface area contributed by atoms with Gasteiger partial charge in [0.05, 0.1) is 6.04 Å². The van der Waals surface area contributed by atoms with Gasteiger partial charge in [0.2, 0.25) is 0 Å². The summed E-state index contributed by atoms with van der Waals surface area (Å²) in [5, 5.41) is 3.15. The molecule has 1 aliphatic carbocycles. The third kappa shape index (κ3) is 4.86. The molecule has 0 heterocycles. The summed E-state index contributed by atoms with van der Waals surface area (Å²) in [6, 6.07) is 24.3. The van der Waals surface area contributed by atoms with Gasteiger partial charge in [-0.25, -0.2) is 0 Å². The second-order valence-corrected chi connectivity index (χ2v) is 7.75. The van der Waals surface area contributed by atoms with Crippen LogP contribution in [-0.4, -0.2) is 12.5 Å². The molecule has 29 heavy (non-hydrogen) atoms. The zero-order valence-corrected chi connectivity index (χ0v) is 16.9. The lowest BCUT2D eigenvalue weighted by molar-refractivity contribution is -0.123. The normalized spacial score (nSPS) is 14.0. The van der Waals surface area contributed by atoms with Crippen LogP contribution in [-0.2, 0) is 17.6 Å². The molecule has 1 amide bonds. The standard InChI is InChI=1S/C26H27NO2/c1-19-8-7-13-23(16-19)26(21-10-3-2-4-11-21)27-25(28)18-29-24-15-14-20-9-5-6-12-22(20)17-24/h2-4,7-8,10-11,13-17,26H,5-6,9,12,18H2,1H3,(H,27,28)/t26-/m1/s1. The fourth-order valence-electron chi connectivity index (χ4n) is 4.01. The number of aryl methyl sites for hydroxylation is 3. The summed E-state index contributed by atoms with van der Waals surface area (Å²) >= 11 is 0. The van der Waals surface area contributed by atoms with E-state index >= 15 is 0 Å². The molecule has 3 nitrogen and oxygen atoms in total. The zero-order chi connectivity index (χ0) is 20.1. The molecule has 0 saturated carbocycles. The Kier molecular flexibility index (Phi) is 5.95. The summed E-state index contributed by atoms with van der Waals surface area (Å²) in [5.41, 5.74) is 6.06. The molecule has 0 unspecified atom stereocenters. The molecule has 3 heteroatoms. The van der Waals surface area contributed by atoms with Crippen molar-refractivity contribution in [3.63, 3.8) is 0 Å². The summed E-state index contributed by atoms with van der Waals surface area (Å²) < 4.78 is 5.82. The summed E-state index contributed by atoms with van der Waals surface area (Å²) in [6.07, 6.45) is 4.73. The van der Waals surface area contributed by atoms with E-state index in [9.17, 15) is 4.79 Å². The van der Waals surface area contributed by atoms with Crippen molar-refractivity contribution >= 4 is 5.91 Å². The fraction of sp³-hybridized carbons (Fsp3) is 0.269. The van der Waals surface area contributed by atoms with E-state index in [0.29, 0.717) is 0 Å². The summed E-state index contributed by atoms with van der Waals surface area (Å²) in [6.45, 7) is 2.07. The van der Waals surface area contributed by atoms with Gasteiger partial charge < -0.3 is 10.1 Å². The van der Waals surface area contributed by atoms with Gasteiger partial charge in [-0.1, -0.05) is 66.2 Å². The van der Waals surface area contributed by atoms with Crippen molar-refractivity contribution in [1.82, 2.24) is 5.32 Å². The number of hydrogen-bond donors (Lipinski definition) is 1. The lowest BCUT2D eigenvalue weighted by Gasteiger charge is -2.21. The van der Waals surface area contributed by atoms with Crippen LogP contribution in [0.25, 0.3) is 0 Å². The van der Waals surface area contributed by atoms with Crippen LogP contribution in [0.5, 0.6) is 5.75 Å².